The number of halogens is 1. The third kappa shape index (κ3) is 4.14. The second-order valence-corrected chi connectivity index (χ2v) is 7.72. The Hall–Kier alpha value is -2.39. The number of hydrogen-bond donors (Lipinski definition) is 1. The summed E-state index contributed by atoms with van der Waals surface area (Å²) >= 11 is 6.06. The van der Waals surface area contributed by atoms with Gasteiger partial charge in [0.2, 0.25) is 0 Å². The minimum Gasteiger partial charge on any atom is -0.277 e. The van der Waals surface area contributed by atoms with E-state index in [0.29, 0.717) is 5.02 Å². The van der Waals surface area contributed by atoms with Crippen LogP contribution in [-0.2, 0) is 0 Å². The Bertz CT molecular complexity index is 957. The first kappa shape index (κ1) is 18.0. The van der Waals surface area contributed by atoms with Gasteiger partial charge in [-0.1, -0.05) is 55.1 Å². The molecule has 0 bridgehead atoms. The summed E-state index contributed by atoms with van der Waals surface area (Å²) in [6, 6.07) is 16.6. The number of rotatable bonds is 4. The van der Waals surface area contributed by atoms with Gasteiger partial charge in [0.25, 0.3) is 0 Å². The lowest BCUT2D eigenvalue weighted by atomic mass is 9.84. The summed E-state index contributed by atoms with van der Waals surface area (Å²) in [7, 11) is 0. The van der Waals surface area contributed by atoms with Crippen molar-refractivity contribution in [3.63, 3.8) is 0 Å². The fraction of sp³-hybridized carbons (Fsp3) is 0.304. The van der Waals surface area contributed by atoms with Gasteiger partial charge < -0.3 is 0 Å². The Labute approximate surface area is 165 Å². The smallest absolute Gasteiger partial charge is 0.0738 e. The van der Waals surface area contributed by atoms with Crippen LogP contribution < -0.4 is 5.43 Å². The number of fused-ring (bicyclic) bond motifs is 1. The summed E-state index contributed by atoms with van der Waals surface area (Å²) in [5.41, 5.74) is 8.55. The van der Waals surface area contributed by atoms with Gasteiger partial charge in [-0.25, -0.2) is 0 Å². The number of nitrogens with one attached hydrogen (secondary N) is 1. The number of benzene rings is 2. The van der Waals surface area contributed by atoms with Crippen molar-refractivity contribution in [1.82, 2.24) is 4.98 Å². The van der Waals surface area contributed by atoms with Gasteiger partial charge in [0.15, 0.2) is 0 Å². The molecular weight excluding hydrogens is 354 g/mol. The predicted molar refractivity (Wildman–Crippen MR) is 115 cm³/mol. The van der Waals surface area contributed by atoms with Gasteiger partial charge in [-0.2, -0.15) is 5.10 Å². The molecule has 2 aromatic carbocycles. The van der Waals surface area contributed by atoms with Crippen LogP contribution in [0.4, 0.5) is 5.69 Å². The monoisotopic (exact) mass is 377 g/mol. The zero-order valence-corrected chi connectivity index (χ0v) is 16.3. The van der Waals surface area contributed by atoms with E-state index in [4.69, 9.17) is 11.6 Å². The topological polar surface area (TPSA) is 37.3 Å². The third-order valence-electron chi connectivity index (χ3n) is 5.45. The second kappa shape index (κ2) is 8.10. The van der Waals surface area contributed by atoms with E-state index in [-0.39, 0.29) is 0 Å². The molecule has 4 rings (SSSR count). The van der Waals surface area contributed by atoms with E-state index >= 15 is 0 Å². The van der Waals surface area contributed by atoms with Crippen LogP contribution in [-0.4, -0.2) is 10.7 Å². The number of hydrogen-bond acceptors (Lipinski definition) is 3. The number of anilines is 1. The number of aromatic nitrogens is 1. The lowest BCUT2D eigenvalue weighted by Gasteiger charge is -2.22. The highest BCUT2D eigenvalue weighted by Gasteiger charge is 2.15. The summed E-state index contributed by atoms with van der Waals surface area (Å²) in [6.07, 6.45) is 8.54. The molecule has 27 heavy (non-hydrogen) atoms. The highest BCUT2D eigenvalue weighted by atomic mass is 35.5. The minimum atomic E-state index is 0.685. The molecule has 138 valence electrons. The Morgan fingerprint density at radius 2 is 1.81 bits per heavy atom. The van der Waals surface area contributed by atoms with Crippen molar-refractivity contribution in [3.8, 4) is 0 Å². The Balaban J connectivity index is 1.51. The van der Waals surface area contributed by atoms with Crippen LogP contribution in [0.15, 0.2) is 59.8 Å². The first-order valence-corrected chi connectivity index (χ1v) is 10.0. The van der Waals surface area contributed by atoms with Crippen molar-refractivity contribution in [2.75, 3.05) is 5.43 Å². The van der Waals surface area contributed by atoms with Crippen LogP contribution in [0.3, 0.4) is 0 Å². The average molecular weight is 378 g/mol. The Morgan fingerprint density at radius 1 is 1.04 bits per heavy atom. The summed E-state index contributed by atoms with van der Waals surface area (Å²) in [6.45, 7) is 2.03. The molecule has 4 heteroatoms. The lowest BCUT2D eigenvalue weighted by molar-refractivity contribution is 0.443. The highest BCUT2D eigenvalue weighted by molar-refractivity contribution is 6.31. The molecule has 1 aliphatic carbocycles. The van der Waals surface area contributed by atoms with E-state index in [9.17, 15) is 0 Å². The van der Waals surface area contributed by atoms with Gasteiger partial charge in [-0.05, 0) is 61.1 Å². The molecule has 3 nitrogen and oxygen atoms in total. The summed E-state index contributed by atoms with van der Waals surface area (Å²) in [5, 5.41) is 6.28. The summed E-state index contributed by atoms with van der Waals surface area (Å²) < 4.78 is 0. The SMILES string of the molecule is CC(=NNc1ccnc2cc(Cl)ccc12)c1ccc(C2CCCCC2)cc1. The standard InChI is InChI=1S/C23H24ClN3/c1-16(17-7-9-19(10-8-17)18-5-3-2-4-6-18)26-27-22-13-14-25-23-15-20(24)11-12-21(22)23/h7-15,18H,2-6H2,1H3,(H,25,27). The molecule has 1 aliphatic rings. The van der Waals surface area contributed by atoms with Crippen LogP contribution in [0, 0.1) is 0 Å². The lowest BCUT2D eigenvalue weighted by Crippen LogP contribution is -2.05. The Kier molecular flexibility index (Phi) is 5.40. The van der Waals surface area contributed by atoms with Crippen molar-refractivity contribution in [2.45, 2.75) is 44.9 Å². The molecule has 1 saturated carbocycles. The van der Waals surface area contributed by atoms with Crippen LogP contribution in [0.1, 0.15) is 56.1 Å². The van der Waals surface area contributed by atoms with E-state index < -0.39 is 0 Å². The van der Waals surface area contributed by atoms with E-state index in [1.165, 1.54) is 37.7 Å². The highest BCUT2D eigenvalue weighted by Crippen LogP contribution is 2.32. The molecule has 0 spiro atoms. The number of hydrazone groups is 1. The molecule has 0 atom stereocenters. The van der Waals surface area contributed by atoms with Gasteiger partial charge in [0.05, 0.1) is 16.9 Å². The number of pyridine rings is 1. The van der Waals surface area contributed by atoms with Gasteiger partial charge in [0.1, 0.15) is 0 Å². The van der Waals surface area contributed by atoms with E-state index in [0.717, 1.165) is 33.8 Å². The van der Waals surface area contributed by atoms with Crippen molar-refractivity contribution < 1.29 is 0 Å². The van der Waals surface area contributed by atoms with Gasteiger partial charge in [0, 0.05) is 16.6 Å². The normalized spacial score (nSPS) is 15.9. The fourth-order valence-electron chi connectivity index (χ4n) is 3.86. The molecule has 3 aromatic rings. The van der Waals surface area contributed by atoms with Gasteiger partial charge >= 0.3 is 0 Å². The summed E-state index contributed by atoms with van der Waals surface area (Å²) in [4.78, 5) is 4.37. The molecular formula is C23H24ClN3. The van der Waals surface area contributed by atoms with Crippen LogP contribution >= 0.6 is 11.6 Å². The average Bonchev–Trinajstić information content (AvgIpc) is 2.72. The van der Waals surface area contributed by atoms with Crippen molar-refractivity contribution >= 4 is 33.9 Å². The molecule has 0 saturated heterocycles. The maximum Gasteiger partial charge on any atom is 0.0738 e. The molecule has 1 fully saturated rings. The molecule has 1 aromatic heterocycles. The fourth-order valence-corrected chi connectivity index (χ4v) is 4.03. The van der Waals surface area contributed by atoms with Crippen LogP contribution in [0.5, 0.6) is 0 Å². The second-order valence-electron chi connectivity index (χ2n) is 7.29. The van der Waals surface area contributed by atoms with E-state index in [2.05, 4.69) is 39.8 Å². The van der Waals surface area contributed by atoms with Crippen molar-refractivity contribution in [3.05, 3.63) is 70.9 Å². The molecule has 0 amide bonds. The van der Waals surface area contributed by atoms with Gasteiger partial charge in [-0.15, -0.1) is 0 Å². The van der Waals surface area contributed by atoms with E-state index in [1.807, 2.05) is 31.2 Å². The van der Waals surface area contributed by atoms with Crippen molar-refractivity contribution in [2.24, 2.45) is 5.10 Å². The molecule has 1 N–H and O–H groups in total. The molecule has 0 radical (unpaired) electrons. The largest absolute Gasteiger partial charge is 0.277 e. The van der Waals surface area contributed by atoms with Crippen LogP contribution in [0.2, 0.25) is 5.02 Å². The quantitative estimate of drug-likeness (QED) is 0.402. The molecule has 0 aliphatic heterocycles. The van der Waals surface area contributed by atoms with Crippen LogP contribution in [0.25, 0.3) is 10.9 Å². The predicted octanol–water partition coefficient (Wildman–Crippen LogP) is 6.77. The maximum atomic E-state index is 6.06. The first-order chi connectivity index (χ1) is 13.2. The third-order valence-corrected chi connectivity index (χ3v) is 5.69. The number of nitrogens with zero attached hydrogens (tertiary/aromatic N) is 2. The summed E-state index contributed by atoms with van der Waals surface area (Å²) in [5.74, 6) is 0.734. The zero-order valence-electron chi connectivity index (χ0n) is 15.6. The minimum absolute atomic E-state index is 0.685. The molecule has 1 heterocycles. The Morgan fingerprint density at radius 3 is 2.59 bits per heavy atom. The first-order valence-electron chi connectivity index (χ1n) is 9.65. The van der Waals surface area contributed by atoms with E-state index in [1.54, 1.807) is 6.20 Å². The maximum absolute atomic E-state index is 6.06. The zero-order chi connectivity index (χ0) is 18.6. The molecule has 0 unspecified atom stereocenters. The van der Waals surface area contributed by atoms with Crippen molar-refractivity contribution in [1.29, 1.82) is 0 Å². The van der Waals surface area contributed by atoms with Gasteiger partial charge in [-0.3, -0.25) is 10.4 Å².